The molecule has 0 aliphatic heterocycles. The van der Waals surface area contributed by atoms with Gasteiger partial charge in [-0.1, -0.05) is 48.7 Å². The molecule has 1 aromatic rings. The van der Waals surface area contributed by atoms with E-state index in [1.165, 1.54) is 19.3 Å². The summed E-state index contributed by atoms with van der Waals surface area (Å²) in [6.07, 6.45) is 4.77. The summed E-state index contributed by atoms with van der Waals surface area (Å²) in [5, 5.41) is 3.23. The van der Waals surface area contributed by atoms with Crippen molar-refractivity contribution in [3.8, 4) is 0 Å². The SMILES string of the molecule is Cc1c(Br)cccc1C(=O)NC1CCCCC1(C)C. The topological polar surface area (TPSA) is 29.1 Å². The molecular formula is C16H22BrNO. The Morgan fingerprint density at radius 3 is 2.79 bits per heavy atom. The molecule has 3 heteroatoms. The van der Waals surface area contributed by atoms with Gasteiger partial charge in [0.1, 0.15) is 0 Å². The maximum Gasteiger partial charge on any atom is 0.251 e. The molecule has 0 bridgehead atoms. The van der Waals surface area contributed by atoms with Crippen molar-refractivity contribution in [1.29, 1.82) is 0 Å². The lowest BCUT2D eigenvalue weighted by atomic mass is 9.73. The highest BCUT2D eigenvalue weighted by Crippen LogP contribution is 2.35. The van der Waals surface area contributed by atoms with Crippen LogP contribution >= 0.6 is 15.9 Å². The fourth-order valence-corrected chi connectivity index (χ4v) is 3.22. The average molecular weight is 324 g/mol. The summed E-state index contributed by atoms with van der Waals surface area (Å²) < 4.78 is 0.989. The second kappa shape index (κ2) is 5.66. The van der Waals surface area contributed by atoms with Crippen molar-refractivity contribution in [3.05, 3.63) is 33.8 Å². The molecule has 1 fully saturated rings. The number of benzene rings is 1. The van der Waals surface area contributed by atoms with Gasteiger partial charge in [-0.15, -0.1) is 0 Å². The van der Waals surface area contributed by atoms with Crippen molar-refractivity contribution in [2.45, 2.75) is 52.5 Å². The lowest BCUT2D eigenvalue weighted by molar-refractivity contribution is 0.0853. The van der Waals surface area contributed by atoms with E-state index in [1.54, 1.807) is 0 Å². The van der Waals surface area contributed by atoms with Gasteiger partial charge in [0.2, 0.25) is 0 Å². The molecule has 0 aromatic heterocycles. The molecule has 1 unspecified atom stereocenters. The van der Waals surface area contributed by atoms with Crippen LogP contribution in [0.5, 0.6) is 0 Å². The molecule has 1 aliphatic rings. The van der Waals surface area contributed by atoms with Gasteiger partial charge in [-0.2, -0.15) is 0 Å². The van der Waals surface area contributed by atoms with E-state index in [0.29, 0.717) is 0 Å². The number of carbonyl (C=O) groups is 1. The minimum Gasteiger partial charge on any atom is -0.349 e. The Kier molecular flexibility index (Phi) is 4.34. The highest BCUT2D eigenvalue weighted by molar-refractivity contribution is 9.10. The van der Waals surface area contributed by atoms with E-state index in [9.17, 15) is 4.79 Å². The van der Waals surface area contributed by atoms with Gasteiger partial charge in [0.15, 0.2) is 0 Å². The Balaban J connectivity index is 2.15. The molecule has 1 amide bonds. The summed E-state index contributed by atoms with van der Waals surface area (Å²) in [6.45, 7) is 6.49. The largest absolute Gasteiger partial charge is 0.349 e. The molecule has 104 valence electrons. The number of nitrogens with one attached hydrogen (secondary N) is 1. The van der Waals surface area contributed by atoms with Crippen LogP contribution in [0.25, 0.3) is 0 Å². The third kappa shape index (κ3) is 3.19. The molecule has 0 spiro atoms. The first-order chi connectivity index (χ1) is 8.92. The summed E-state index contributed by atoms with van der Waals surface area (Å²) in [5.74, 6) is 0.0544. The van der Waals surface area contributed by atoms with Gasteiger partial charge >= 0.3 is 0 Å². The van der Waals surface area contributed by atoms with Crippen LogP contribution < -0.4 is 5.32 Å². The van der Waals surface area contributed by atoms with Crippen LogP contribution in [0.4, 0.5) is 0 Å². The molecule has 2 nitrogen and oxygen atoms in total. The number of hydrogen-bond acceptors (Lipinski definition) is 1. The van der Waals surface area contributed by atoms with Crippen molar-refractivity contribution < 1.29 is 4.79 Å². The van der Waals surface area contributed by atoms with Gasteiger partial charge in [-0.05, 0) is 42.9 Å². The number of carbonyl (C=O) groups excluding carboxylic acids is 1. The molecule has 1 aliphatic carbocycles. The number of halogens is 1. The predicted octanol–water partition coefficient (Wildman–Crippen LogP) is 4.46. The van der Waals surface area contributed by atoms with Crippen LogP contribution in [0.3, 0.4) is 0 Å². The zero-order valence-corrected chi connectivity index (χ0v) is 13.5. The second-order valence-electron chi connectivity index (χ2n) is 6.17. The summed E-state index contributed by atoms with van der Waals surface area (Å²) in [4.78, 5) is 12.4. The fourth-order valence-electron chi connectivity index (χ4n) is 2.85. The molecule has 0 heterocycles. The molecule has 2 rings (SSSR count). The first-order valence-corrected chi connectivity index (χ1v) is 7.77. The number of hydrogen-bond donors (Lipinski definition) is 1. The fraction of sp³-hybridized carbons (Fsp3) is 0.562. The van der Waals surface area contributed by atoms with Crippen molar-refractivity contribution in [2.24, 2.45) is 5.41 Å². The Morgan fingerprint density at radius 2 is 2.11 bits per heavy atom. The van der Waals surface area contributed by atoms with Crippen LogP contribution in [0.15, 0.2) is 22.7 Å². The Labute approximate surface area is 124 Å². The van der Waals surface area contributed by atoms with E-state index in [0.717, 1.165) is 22.0 Å². The van der Waals surface area contributed by atoms with Crippen molar-refractivity contribution in [2.75, 3.05) is 0 Å². The summed E-state index contributed by atoms with van der Waals surface area (Å²) in [5.41, 5.74) is 1.98. The predicted molar refractivity (Wildman–Crippen MR) is 82.4 cm³/mol. The van der Waals surface area contributed by atoms with Crippen LogP contribution in [-0.4, -0.2) is 11.9 Å². The van der Waals surface area contributed by atoms with Gasteiger partial charge in [-0.3, -0.25) is 4.79 Å². The van der Waals surface area contributed by atoms with Crippen molar-refractivity contribution in [3.63, 3.8) is 0 Å². The van der Waals surface area contributed by atoms with E-state index in [4.69, 9.17) is 0 Å². The first kappa shape index (κ1) is 14.6. The molecule has 0 radical (unpaired) electrons. The van der Waals surface area contributed by atoms with E-state index < -0.39 is 0 Å². The molecule has 1 saturated carbocycles. The van der Waals surface area contributed by atoms with Crippen LogP contribution in [0.1, 0.15) is 55.5 Å². The zero-order valence-electron chi connectivity index (χ0n) is 11.9. The third-order valence-electron chi connectivity index (χ3n) is 4.32. The Bertz CT molecular complexity index is 482. The van der Waals surface area contributed by atoms with E-state index in [2.05, 4.69) is 35.1 Å². The minimum atomic E-state index is 0.0544. The molecule has 19 heavy (non-hydrogen) atoms. The third-order valence-corrected chi connectivity index (χ3v) is 5.18. The highest BCUT2D eigenvalue weighted by atomic mass is 79.9. The Morgan fingerprint density at radius 1 is 1.37 bits per heavy atom. The van der Waals surface area contributed by atoms with E-state index in [-0.39, 0.29) is 17.4 Å². The Hall–Kier alpha value is -0.830. The van der Waals surface area contributed by atoms with Crippen molar-refractivity contribution in [1.82, 2.24) is 5.32 Å². The van der Waals surface area contributed by atoms with Crippen LogP contribution in [-0.2, 0) is 0 Å². The van der Waals surface area contributed by atoms with Gasteiger partial charge in [0.05, 0.1) is 0 Å². The molecule has 0 saturated heterocycles. The normalized spacial score (nSPS) is 22.0. The maximum atomic E-state index is 12.4. The minimum absolute atomic E-state index is 0.0544. The van der Waals surface area contributed by atoms with Gasteiger partial charge in [0.25, 0.3) is 5.91 Å². The second-order valence-corrected chi connectivity index (χ2v) is 7.03. The smallest absolute Gasteiger partial charge is 0.251 e. The lowest BCUT2D eigenvalue weighted by Crippen LogP contribution is -2.46. The average Bonchev–Trinajstić information content (AvgIpc) is 2.35. The van der Waals surface area contributed by atoms with Crippen LogP contribution in [0.2, 0.25) is 0 Å². The standard InChI is InChI=1S/C16H22BrNO/c1-11-12(7-6-8-13(11)17)15(19)18-14-9-4-5-10-16(14,2)3/h6-8,14H,4-5,9-10H2,1-3H3,(H,18,19). The molecular weight excluding hydrogens is 302 g/mol. The van der Waals surface area contributed by atoms with Gasteiger partial charge in [-0.25, -0.2) is 0 Å². The van der Waals surface area contributed by atoms with E-state index in [1.807, 2.05) is 25.1 Å². The lowest BCUT2D eigenvalue weighted by Gasteiger charge is -2.39. The molecule has 1 aromatic carbocycles. The van der Waals surface area contributed by atoms with Crippen molar-refractivity contribution >= 4 is 21.8 Å². The molecule has 1 N–H and O–H groups in total. The summed E-state index contributed by atoms with van der Waals surface area (Å²) in [7, 11) is 0. The van der Waals surface area contributed by atoms with Gasteiger partial charge < -0.3 is 5.32 Å². The quantitative estimate of drug-likeness (QED) is 0.855. The molecule has 1 atom stereocenters. The van der Waals surface area contributed by atoms with Gasteiger partial charge in [0, 0.05) is 16.1 Å². The highest BCUT2D eigenvalue weighted by Gasteiger charge is 2.33. The van der Waals surface area contributed by atoms with E-state index >= 15 is 0 Å². The van der Waals surface area contributed by atoms with Crippen LogP contribution in [0, 0.1) is 12.3 Å². The first-order valence-electron chi connectivity index (χ1n) is 6.98. The monoisotopic (exact) mass is 323 g/mol. The number of amides is 1. The maximum absolute atomic E-state index is 12.4. The zero-order chi connectivity index (χ0) is 14.0. The summed E-state index contributed by atoms with van der Waals surface area (Å²) >= 11 is 3.48. The summed E-state index contributed by atoms with van der Waals surface area (Å²) in [6, 6.07) is 6.06. The number of rotatable bonds is 2.